The van der Waals surface area contributed by atoms with E-state index in [4.69, 9.17) is 14.1 Å². The van der Waals surface area contributed by atoms with Crippen molar-refractivity contribution in [3.8, 4) is 34.4 Å². The predicted octanol–water partition coefficient (Wildman–Crippen LogP) is 5.68. The number of hydrogen-bond acceptors (Lipinski definition) is 8. The quantitative estimate of drug-likeness (QED) is 0.246. The molecule has 0 bridgehead atoms. The monoisotopic (exact) mass is 558 g/mol. The van der Waals surface area contributed by atoms with Gasteiger partial charge in [-0.25, -0.2) is 29.3 Å². The minimum absolute atomic E-state index is 0.197. The van der Waals surface area contributed by atoms with Crippen LogP contribution in [0.15, 0.2) is 71.9 Å². The Balaban J connectivity index is 1.21. The first-order valence-electron chi connectivity index (χ1n) is 12.8. The molecule has 1 aliphatic rings. The highest BCUT2D eigenvalue weighted by Crippen LogP contribution is 2.45. The highest BCUT2D eigenvalue weighted by molar-refractivity contribution is 5.77. The predicted molar refractivity (Wildman–Crippen MR) is 140 cm³/mol. The summed E-state index contributed by atoms with van der Waals surface area (Å²) in [5.41, 5.74) is 2.68. The summed E-state index contributed by atoms with van der Waals surface area (Å²) in [6.07, 6.45) is 3.79. The summed E-state index contributed by atoms with van der Waals surface area (Å²) in [5, 5.41) is 9.06. The van der Waals surface area contributed by atoms with Gasteiger partial charge in [-0.15, -0.1) is 0 Å². The highest BCUT2D eigenvalue weighted by atomic mass is 19.4. The number of aromatic nitrogens is 8. The molecule has 10 nitrogen and oxygen atoms in total. The van der Waals surface area contributed by atoms with E-state index in [1.807, 2.05) is 12.1 Å². The van der Waals surface area contributed by atoms with E-state index in [9.17, 15) is 13.2 Å². The van der Waals surface area contributed by atoms with Crippen LogP contribution in [0.2, 0.25) is 0 Å². The molecule has 0 radical (unpaired) electrons. The van der Waals surface area contributed by atoms with Gasteiger partial charge >= 0.3 is 6.18 Å². The van der Waals surface area contributed by atoms with Crippen LogP contribution in [0.3, 0.4) is 0 Å². The summed E-state index contributed by atoms with van der Waals surface area (Å²) in [6, 6.07) is 11.2. The number of fused-ring (bicyclic) bond motifs is 1. The third kappa shape index (κ3) is 4.58. The maximum Gasteiger partial charge on any atom is 0.435 e. The second-order valence-corrected chi connectivity index (χ2v) is 9.66. The Kier molecular flexibility index (Phi) is 5.80. The first kappa shape index (κ1) is 24.9. The average Bonchev–Trinajstić information content (AvgIpc) is 3.33. The molecule has 0 N–H and O–H groups in total. The molecule has 0 spiro atoms. The van der Waals surface area contributed by atoms with Gasteiger partial charge in [0.05, 0.1) is 42.9 Å². The van der Waals surface area contributed by atoms with Gasteiger partial charge in [-0.05, 0) is 42.7 Å². The maximum absolute atomic E-state index is 13.4. The maximum atomic E-state index is 13.4. The summed E-state index contributed by atoms with van der Waals surface area (Å²) in [4.78, 5) is 18.1. The molecular formula is C28H21F3N8O2. The van der Waals surface area contributed by atoms with Crippen molar-refractivity contribution in [3.63, 3.8) is 0 Å². The zero-order valence-corrected chi connectivity index (χ0v) is 21.6. The number of furan rings is 1. The molecule has 0 saturated heterocycles. The second kappa shape index (κ2) is 9.54. The van der Waals surface area contributed by atoms with E-state index in [0.717, 1.165) is 35.6 Å². The van der Waals surface area contributed by atoms with E-state index in [-0.39, 0.29) is 11.5 Å². The lowest BCUT2D eigenvalue weighted by molar-refractivity contribution is -0.141. The van der Waals surface area contributed by atoms with Crippen LogP contribution in [-0.4, -0.2) is 46.6 Å². The van der Waals surface area contributed by atoms with Crippen LogP contribution in [0.5, 0.6) is 5.88 Å². The second-order valence-electron chi connectivity index (χ2n) is 9.66. The van der Waals surface area contributed by atoms with E-state index in [0.29, 0.717) is 41.1 Å². The summed E-state index contributed by atoms with van der Waals surface area (Å²) < 4.78 is 54.2. The number of alkyl halides is 3. The lowest BCUT2D eigenvalue weighted by Crippen LogP contribution is -2.08. The fourth-order valence-corrected chi connectivity index (χ4v) is 4.75. The van der Waals surface area contributed by atoms with Crippen molar-refractivity contribution in [1.29, 1.82) is 0 Å². The van der Waals surface area contributed by atoms with Gasteiger partial charge in [-0.2, -0.15) is 23.4 Å². The molecule has 1 saturated carbocycles. The van der Waals surface area contributed by atoms with Crippen LogP contribution in [0.1, 0.15) is 35.7 Å². The molecule has 13 heteroatoms. The van der Waals surface area contributed by atoms with Crippen molar-refractivity contribution in [3.05, 3.63) is 84.4 Å². The largest absolute Gasteiger partial charge is 0.480 e. The van der Waals surface area contributed by atoms with Gasteiger partial charge in [0.15, 0.2) is 22.9 Å². The fourth-order valence-electron chi connectivity index (χ4n) is 4.75. The zero-order chi connectivity index (χ0) is 28.1. The summed E-state index contributed by atoms with van der Waals surface area (Å²) in [7, 11) is 1.56. The molecule has 206 valence electrons. The van der Waals surface area contributed by atoms with E-state index in [1.165, 1.54) is 17.3 Å². The van der Waals surface area contributed by atoms with Crippen molar-refractivity contribution >= 4 is 11.0 Å². The molecule has 5 heterocycles. The molecule has 1 fully saturated rings. The molecule has 7 rings (SSSR count). The first-order valence-corrected chi connectivity index (χ1v) is 12.8. The number of benzene rings is 1. The lowest BCUT2D eigenvalue weighted by Gasteiger charge is -2.11. The number of ether oxygens (including phenoxy) is 1. The summed E-state index contributed by atoms with van der Waals surface area (Å²) in [6.45, 7) is 0.371. The van der Waals surface area contributed by atoms with Crippen molar-refractivity contribution < 1.29 is 22.3 Å². The van der Waals surface area contributed by atoms with Gasteiger partial charge in [0.25, 0.3) is 0 Å². The van der Waals surface area contributed by atoms with E-state index < -0.39 is 11.9 Å². The standard InChI is InChI=1S/C28H21F3N8O2/c1-40-27-23(24(17-6-7-17)33-15-34-27)25-32-12-18-13-35-38(26(18)36-25)14-16-4-8-19(9-5-16)39-20(21-3-2-10-41-21)11-22(37-39)28(29,30)31/h2-5,8-13,15,17H,6-7,14H2,1H3. The molecule has 1 aliphatic carbocycles. The van der Waals surface area contributed by atoms with Crippen LogP contribution in [0.4, 0.5) is 13.2 Å². The fraction of sp³-hybridized carbons (Fsp3) is 0.214. The Bertz CT molecular complexity index is 1860. The molecule has 6 aromatic rings. The lowest BCUT2D eigenvalue weighted by atomic mass is 10.1. The normalized spacial score (nSPS) is 13.7. The number of hydrogen-bond donors (Lipinski definition) is 0. The molecule has 0 atom stereocenters. The number of rotatable bonds is 7. The Hall–Kier alpha value is -5.07. The molecule has 0 aliphatic heterocycles. The van der Waals surface area contributed by atoms with Gasteiger partial charge in [0, 0.05) is 18.2 Å². The van der Waals surface area contributed by atoms with Crippen LogP contribution >= 0.6 is 0 Å². The third-order valence-corrected chi connectivity index (χ3v) is 6.89. The Labute approximate surface area is 230 Å². The van der Waals surface area contributed by atoms with E-state index in [2.05, 4.69) is 25.1 Å². The molecule has 1 aromatic carbocycles. The van der Waals surface area contributed by atoms with E-state index >= 15 is 0 Å². The third-order valence-electron chi connectivity index (χ3n) is 6.89. The number of halogens is 3. The number of methoxy groups -OCH3 is 1. The molecule has 0 amide bonds. The Morgan fingerprint density at radius 1 is 1.05 bits per heavy atom. The van der Waals surface area contributed by atoms with Crippen LogP contribution in [-0.2, 0) is 12.7 Å². The molecular weight excluding hydrogens is 537 g/mol. The van der Waals surface area contributed by atoms with Gasteiger partial charge in [0.1, 0.15) is 17.6 Å². The average molecular weight is 559 g/mol. The van der Waals surface area contributed by atoms with Gasteiger partial charge in [-0.3, -0.25) is 0 Å². The van der Waals surface area contributed by atoms with Crippen LogP contribution in [0.25, 0.3) is 39.6 Å². The number of nitrogens with zero attached hydrogens (tertiary/aromatic N) is 8. The SMILES string of the molecule is COc1ncnc(C2CC2)c1-c1ncc2cnn(Cc3ccc(-n4nc(C(F)(F)F)cc4-c4ccco4)cc3)c2n1. The topological polar surface area (TPSA) is 110 Å². The molecule has 5 aromatic heterocycles. The Morgan fingerprint density at radius 2 is 1.88 bits per heavy atom. The van der Waals surface area contributed by atoms with Crippen molar-refractivity contribution in [1.82, 2.24) is 39.5 Å². The van der Waals surface area contributed by atoms with Crippen LogP contribution in [0, 0.1) is 0 Å². The molecule has 41 heavy (non-hydrogen) atoms. The zero-order valence-electron chi connectivity index (χ0n) is 21.6. The van der Waals surface area contributed by atoms with E-state index in [1.54, 1.807) is 48.5 Å². The first-order chi connectivity index (χ1) is 19.9. The van der Waals surface area contributed by atoms with Crippen LogP contribution < -0.4 is 4.74 Å². The van der Waals surface area contributed by atoms with Crippen molar-refractivity contribution in [2.75, 3.05) is 7.11 Å². The van der Waals surface area contributed by atoms with Gasteiger partial charge in [0.2, 0.25) is 5.88 Å². The Morgan fingerprint density at radius 3 is 2.59 bits per heavy atom. The summed E-state index contributed by atoms with van der Waals surface area (Å²) in [5.74, 6) is 1.49. The summed E-state index contributed by atoms with van der Waals surface area (Å²) >= 11 is 0. The minimum Gasteiger partial charge on any atom is -0.480 e. The highest BCUT2D eigenvalue weighted by Gasteiger charge is 2.36. The smallest absolute Gasteiger partial charge is 0.435 e. The van der Waals surface area contributed by atoms with Crippen molar-refractivity contribution in [2.24, 2.45) is 0 Å². The molecule has 0 unspecified atom stereocenters. The van der Waals surface area contributed by atoms with Gasteiger partial charge < -0.3 is 9.15 Å². The van der Waals surface area contributed by atoms with Crippen molar-refractivity contribution in [2.45, 2.75) is 31.5 Å². The van der Waals surface area contributed by atoms with Gasteiger partial charge in [-0.1, -0.05) is 12.1 Å². The minimum atomic E-state index is -4.59.